The van der Waals surface area contributed by atoms with E-state index in [2.05, 4.69) is 4.72 Å². The number of carbonyl (C=O) groups is 1. The standard InChI is InChI=1S/C22H28N2O5S/c1-15-8-9-20(16(2)14-15)30(26,27)23-17-10-12-24(13-11-17)22(25)21-18(28-3)6-5-7-19(21)29-4/h5-9,14,17,23H,10-13H2,1-4H3. The SMILES string of the molecule is COc1cccc(OC)c1C(=O)N1CCC(NS(=O)(=O)c2ccc(C)cc2C)CC1. The molecule has 1 aliphatic heterocycles. The first kappa shape index (κ1) is 22.1. The minimum atomic E-state index is -3.61. The van der Waals surface area contributed by atoms with Crippen LogP contribution in [0.15, 0.2) is 41.3 Å². The van der Waals surface area contributed by atoms with Crippen molar-refractivity contribution in [2.45, 2.75) is 37.6 Å². The van der Waals surface area contributed by atoms with Gasteiger partial charge in [0.05, 0.1) is 19.1 Å². The Morgan fingerprint density at radius 1 is 1.03 bits per heavy atom. The highest BCUT2D eigenvalue weighted by atomic mass is 32.2. The summed E-state index contributed by atoms with van der Waals surface area (Å²) in [5.41, 5.74) is 2.13. The minimum absolute atomic E-state index is 0.181. The highest BCUT2D eigenvalue weighted by molar-refractivity contribution is 7.89. The predicted octanol–water partition coefficient (Wildman–Crippen LogP) is 2.90. The van der Waals surface area contributed by atoms with Crippen LogP contribution in [0.25, 0.3) is 0 Å². The van der Waals surface area contributed by atoms with E-state index in [0.29, 0.717) is 47.9 Å². The molecule has 0 atom stereocenters. The fourth-order valence-corrected chi connectivity index (χ4v) is 5.34. The second-order valence-electron chi connectivity index (χ2n) is 7.49. The number of ether oxygens (including phenoxy) is 2. The van der Waals surface area contributed by atoms with Crippen LogP contribution >= 0.6 is 0 Å². The summed E-state index contributed by atoms with van der Waals surface area (Å²) in [6, 6.07) is 10.3. The average Bonchev–Trinajstić information content (AvgIpc) is 2.72. The van der Waals surface area contributed by atoms with Crippen molar-refractivity contribution in [1.29, 1.82) is 0 Å². The maximum Gasteiger partial charge on any atom is 0.261 e. The van der Waals surface area contributed by atoms with Gasteiger partial charge < -0.3 is 14.4 Å². The van der Waals surface area contributed by atoms with E-state index in [1.54, 1.807) is 42.2 Å². The Kier molecular flexibility index (Phi) is 6.67. The van der Waals surface area contributed by atoms with Gasteiger partial charge in [0, 0.05) is 19.1 Å². The molecule has 0 aromatic heterocycles. The molecule has 1 saturated heterocycles. The van der Waals surface area contributed by atoms with Crippen molar-refractivity contribution in [3.63, 3.8) is 0 Å². The maximum atomic E-state index is 13.1. The molecule has 3 rings (SSSR count). The maximum absolute atomic E-state index is 13.1. The van der Waals surface area contributed by atoms with Crippen LogP contribution in [0.5, 0.6) is 11.5 Å². The Hall–Kier alpha value is -2.58. The lowest BCUT2D eigenvalue weighted by molar-refractivity contribution is 0.0704. The summed E-state index contributed by atoms with van der Waals surface area (Å²) in [5.74, 6) is 0.731. The molecule has 8 heteroatoms. The first-order valence-corrected chi connectivity index (χ1v) is 11.3. The van der Waals surface area contributed by atoms with Crippen LogP contribution in [0.4, 0.5) is 0 Å². The molecule has 0 bridgehead atoms. The van der Waals surface area contributed by atoms with Gasteiger partial charge in [-0.25, -0.2) is 13.1 Å². The van der Waals surface area contributed by atoms with Crippen LogP contribution in [-0.4, -0.2) is 52.6 Å². The zero-order chi connectivity index (χ0) is 21.9. The molecule has 1 fully saturated rings. The molecule has 1 aliphatic rings. The molecular weight excluding hydrogens is 404 g/mol. The second-order valence-corrected chi connectivity index (χ2v) is 9.18. The molecule has 1 amide bonds. The van der Waals surface area contributed by atoms with E-state index < -0.39 is 10.0 Å². The Morgan fingerprint density at radius 2 is 1.63 bits per heavy atom. The van der Waals surface area contributed by atoms with Crippen molar-refractivity contribution in [3.8, 4) is 11.5 Å². The Balaban J connectivity index is 1.69. The Labute approximate surface area is 178 Å². The number of carbonyl (C=O) groups excluding carboxylic acids is 1. The first-order valence-electron chi connectivity index (χ1n) is 9.86. The van der Waals surface area contributed by atoms with Gasteiger partial charge in [0.25, 0.3) is 5.91 Å². The number of aryl methyl sites for hydroxylation is 2. The Bertz CT molecular complexity index is 1010. The van der Waals surface area contributed by atoms with Gasteiger partial charge >= 0.3 is 0 Å². The molecule has 162 valence electrons. The van der Waals surface area contributed by atoms with Crippen molar-refractivity contribution in [2.75, 3.05) is 27.3 Å². The number of likely N-dealkylation sites (tertiary alicyclic amines) is 1. The van der Waals surface area contributed by atoms with Crippen LogP contribution in [0.3, 0.4) is 0 Å². The van der Waals surface area contributed by atoms with E-state index in [9.17, 15) is 13.2 Å². The van der Waals surface area contributed by atoms with Crippen LogP contribution in [0, 0.1) is 13.8 Å². The summed E-state index contributed by atoms with van der Waals surface area (Å²) in [6.45, 7) is 4.62. The fraction of sp³-hybridized carbons (Fsp3) is 0.409. The van der Waals surface area contributed by atoms with E-state index in [4.69, 9.17) is 9.47 Å². The number of hydrogen-bond acceptors (Lipinski definition) is 5. The third-order valence-corrected chi connectivity index (χ3v) is 7.05. The molecule has 0 aliphatic carbocycles. The van der Waals surface area contributed by atoms with Gasteiger partial charge in [0.1, 0.15) is 17.1 Å². The molecule has 0 radical (unpaired) electrons. The average molecular weight is 433 g/mol. The van der Waals surface area contributed by atoms with E-state index in [0.717, 1.165) is 11.1 Å². The van der Waals surface area contributed by atoms with E-state index in [1.807, 2.05) is 13.0 Å². The van der Waals surface area contributed by atoms with Gasteiger partial charge in [-0.15, -0.1) is 0 Å². The Morgan fingerprint density at radius 3 is 2.17 bits per heavy atom. The largest absolute Gasteiger partial charge is 0.496 e. The number of nitrogens with one attached hydrogen (secondary N) is 1. The van der Waals surface area contributed by atoms with Gasteiger partial charge in [-0.05, 0) is 50.5 Å². The van der Waals surface area contributed by atoms with Crippen LogP contribution in [0.1, 0.15) is 34.3 Å². The highest BCUT2D eigenvalue weighted by Gasteiger charge is 2.30. The molecule has 0 saturated carbocycles. The molecule has 7 nitrogen and oxygen atoms in total. The highest BCUT2D eigenvalue weighted by Crippen LogP contribution is 2.30. The third-order valence-electron chi connectivity index (χ3n) is 5.37. The van der Waals surface area contributed by atoms with E-state index >= 15 is 0 Å². The quantitative estimate of drug-likeness (QED) is 0.759. The van der Waals surface area contributed by atoms with Crippen LogP contribution in [-0.2, 0) is 10.0 Å². The van der Waals surface area contributed by atoms with Crippen molar-refractivity contribution >= 4 is 15.9 Å². The number of methoxy groups -OCH3 is 2. The second kappa shape index (κ2) is 9.06. The van der Waals surface area contributed by atoms with Gasteiger partial charge in [-0.3, -0.25) is 4.79 Å². The third kappa shape index (κ3) is 4.60. The first-order chi connectivity index (χ1) is 14.3. The van der Waals surface area contributed by atoms with Gasteiger partial charge in [-0.1, -0.05) is 23.8 Å². The molecule has 2 aromatic rings. The summed E-state index contributed by atoms with van der Waals surface area (Å²) >= 11 is 0. The van der Waals surface area contributed by atoms with Crippen molar-refractivity contribution < 1.29 is 22.7 Å². The number of hydrogen-bond donors (Lipinski definition) is 1. The predicted molar refractivity (Wildman–Crippen MR) is 115 cm³/mol. The lowest BCUT2D eigenvalue weighted by Gasteiger charge is -2.33. The molecule has 30 heavy (non-hydrogen) atoms. The number of piperidine rings is 1. The monoisotopic (exact) mass is 432 g/mol. The number of sulfonamides is 1. The minimum Gasteiger partial charge on any atom is -0.496 e. The molecule has 0 unspecified atom stereocenters. The number of amides is 1. The van der Waals surface area contributed by atoms with Gasteiger partial charge in [0.2, 0.25) is 10.0 Å². The molecule has 0 spiro atoms. The van der Waals surface area contributed by atoms with Gasteiger partial charge in [-0.2, -0.15) is 0 Å². The van der Waals surface area contributed by atoms with Crippen LogP contribution in [0.2, 0.25) is 0 Å². The number of nitrogens with zero attached hydrogens (tertiary/aromatic N) is 1. The van der Waals surface area contributed by atoms with E-state index in [-0.39, 0.29) is 11.9 Å². The molecule has 1 N–H and O–H groups in total. The van der Waals surface area contributed by atoms with E-state index in [1.165, 1.54) is 14.2 Å². The molecular formula is C22H28N2O5S. The fourth-order valence-electron chi connectivity index (χ4n) is 3.80. The topological polar surface area (TPSA) is 84.9 Å². The normalized spacial score (nSPS) is 15.1. The smallest absolute Gasteiger partial charge is 0.261 e. The summed E-state index contributed by atoms with van der Waals surface area (Å²) in [4.78, 5) is 15.1. The lowest BCUT2D eigenvalue weighted by Crippen LogP contribution is -2.46. The van der Waals surface area contributed by atoms with Crippen molar-refractivity contribution in [3.05, 3.63) is 53.1 Å². The lowest BCUT2D eigenvalue weighted by atomic mass is 10.0. The zero-order valence-electron chi connectivity index (χ0n) is 17.8. The summed E-state index contributed by atoms with van der Waals surface area (Å²) < 4.78 is 39.1. The van der Waals surface area contributed by atoms with Crippen LogP contribution < -0.4 is 14.2 Å². The summed E-state index contributed by atoms with van der Waals surface area (Å²) in [5, 5.41) is 0. The van der Waals surface area contributed by atoms with Gasteiger partial charge in [0.15, 0.2) is 0 Å². The molecule has 1 heterocycles. The molecule has 2 aromatic carbocycles. The number of benzene rings is 2. The van der Waals surface area contributed by atoms with Crippen molar-refractivity contribution in [1.82, 2.24) is 9.62 Å². The number of rotatable bonds is 6. The summed E-state index contributed by atoms with van der Waals surface area (Å²) in [7, 11) is -0.585. The van der Waals surface area contributed by atoms with Crippen molar-refractivity contribution in [2.24, 2.45) is 0 Å². The zero-order valence-corrected chi connectivity index (χ0v) is 18.6. The summed E-state index contributed by atoms with van der Waals surface area (Å²) in [6.07, 6.45) is 1.07.